The van der Waals surface area contributed by atoms with Crippen molar-refractivity contribution in [2.75, 3.05) is 6.54 Å². The standard InChI is InChI=1S/C18H25NO2/c1-3-5-6-7-18(20)19-11-10-15-13-21-17-9-8-14(4-2)12-16(15)17/h8-9,12-13H,3-7,10-11H2,1-2H3,(H,19,20). The third-order valence-electron chi connectivity index (χ3n) is 3.85. The van der Waals surface area contributed by atoms with Crippen molar-refractivity contribution < 1.29 is 9.21 Å². The fourth-order valence-electron chi connectivity index (χ4n) is 2.50. The number of rotatable bonds is 8. The number of amides is 1. The van der Waals surface area contributed by atoms with Crippen molar-refractivity contribution in [3.05, 3.63) is 35.6 Å². The number of furan rings is 1. The van der Waals surface area contributed by atoms with Crippen LogP contribution in [0.15, 0.2) is 28.9 Å². The van der Waals surface area contributed by atoms with Gasteiger partial charge in [-0.05, 0) is 42.5 Å². The van der Waals surface area contributed by atoms with E-state index in [0.29, 0.717) is 13.0 Å². The van der Waals surface area contributed by atoms with Crippen LogP contribution in [-0.4, -0.2) is 12.5 Å². The molecule has 0 aliphatic rings. The predicted octanol–water partition coefficient (Wildman–Crippen LogP) is 4.23. The predicted molar refractivity (Wildman–Crippen MR) is 86.4 cm³/mol. The van der Waals surface area contributed by atoms with E-state index in [-0.39, 0.29) is 5.91 Å². The van der Waals surface area contributed by atoms with E-state index in [0.717, 1.165) is 37.7 Å². The Morgan fingerprint density at radius 2 is 2.10 bits per heavy atom. The van der Waals surface area contributed by atoms with Crippen LogP contribution < -0.4 is 5.32 Å². The highest BCUT2D eigenvalue weighted by molar-refractivity contribution is 5.82. The number of aryl methyl sites for hydroxylation is 1. The van der Waals surface area contributed by atoms with Crippen LogP contribution in [0.4, 0.5) is 0 Å². The molecule has 0 aliphatic heterocycles. The Morgan fingerprint density at radius 1 is 1.24 bits per heavy atom. The molecule has 0 aliphatic carbocycles. The quantitative estimate of drug-likeness (QED) is 0.738. The summed E-state index contributed by atoms with van der Waals surface area (Å²) in [6.07, 6.45) is 7.55. The summed E-state index contributed by atoms with van der Waals surface area (Å²) in [5, 5.41) is 4.17. The zero-order chi connectivity index (χ0) is 15.1. The number of benzene rings is 1. The van der Waals surface area contributed by atoms with Crippen molar-refractivity contribution in [1.82, 2.24) is 5.32 Å². The molecule has 0 radical (unpaired) electrons. The Labute approximate surface area is 126 Å². The van der Waals surface area contributed by atoms with Crippen LogP contribution in [0.3, 0.4) is 0 Å². The van der Waals surface area contributed by atoms with E-state index in [1.54, 1.807) is 0 Å². The molecule has 1 N–H and O–H groups in total. The Kier molecular flexibility index (Phi) is 5.85. The van der Waals surface area contributed by atoms with Crippen molar-refractivity contribution in [1.29, 1.82) is 0 Å². The maximum atomic E-state index is 11.7. The van der Waals surface area contributed by atoms with Gasteiger partial charge in [0.1, 0.15) is 5.58 Å². The molecule has 114 valence electrons. The van der Waals surface area contributed by atoms with Crippen molar-refractivity contribution in [3.63, 3.8) is 0 Å². The number of fused-ring (bicyclic) bond motifs is 1. The van der Waals surface area contributed by atoms with Gasteiger partial charge >= 0.3 is 0 Å². The van der Waals surface area contributed by atoms with Crippen LogP contribution in [-0.2, 0) is 17.6 Å². The SMILES string of the molecule is CCCCCC(=O)NCCc1coc2ccc(CC)cc12. The molecule has 1 aromatic carbocycles. The lowest BCUT2D eigenvalue weighted by Gasteiger charge is -2.04. The first-order valence-corrected chi connectivity index (χ1v) is 8.00. The lowest BCUT2D eigenvalue weighted by molar-refractivity contribution is -0.121. The Hall–Kier alpha value is -1.77. The third kappa shape index (κ3) is 4.35. The Balaban J connectivity index is 1.87. The zero-order valence-corrected chi connectivity index (χ0v) is 13.1. The minimum absolute atomic E-state index is 0.158. The minimum Gasteiger partial charge on any atom is -0.464 e. The molecule has 2 aromatic rings. The molecule has 0 unspecified atom stereocenters. The number of unbranched alkanes of at least 4 members (excludes halogenated alkanes) is 2. The molecule has 0 bridgehead atoms. The first-order valence-electron chi connectivity index (χ1n) is 8.00. The summed E-state index contributed by atoms with van der Waals surface area (Å²) < 4.78 is 5.57. The molecular weight excluding hydrogens is 262 g/mol. The summed E-state index contributed by atoms with van der Waals surface area (Å²) in [6, 6.07) is 6.32. The van der Waals surface area contributed by atoms with Crippen molar-refractivity contribution in [2.45, 2.75) is 52.4 Å². The molecule has 0 saturated carbocycles. The molecular formula is C18H25NO2. The van der Waals surface area contributed by atoms with E-state index in [2.05, 4.69) is 31.3 Å². The summed E-state index contributed by atoms with van der Waals surface area (Å²) in [5.74, 6) is 0.158. The van der Waals surface area contributed by atoms with Crippen LogP contribution in [0.2, 0.25) is 0 Å². The Bertz CT molecular complexity index is 586. The fourth-order valence-corrected chi connectivity index (χ4v) is 2.50. The largest absolute Gasteiger partial charge is 0.464 e. The number of hydrogen-bond donors (Lipinski definition) is 1. The van der Waals surface area contributed by atoms with Gasteiger partial charge in [0.15, 0.2) is 0 Å². The van der Waals surface area contributed by atoms with Gasteiger partial charge in [0, 0.05) is 18.4 Å². The van der Waals surface area contributed by atoms with Gasteiger partial charge in [-0.3, -0.25) is 4.79 Å². The van der Waals surface area contributed by atoms with Gasteiger partial charge in [0.25, 0.3) is 0 Å². The molecule has 0 spiro atoms. The topological polar surface area (TPSA) is 42.2 Å². The van der Waals surface area contributed by atoms with Crippen molar-refractivity contribution in [3.8, 4) is 0 Å². The maximum absolute atomic E-state index is 11.7. The average molecular weight is 287 g/mol. The number of carbonyl (C=O) groups is 1. The molecule has 1 amide bonds. The van der Waals surface area contributed by atoms with E-state index < -0.39 is 0 Å². The lowest BCUT2D eigenvalue weighted by atomic mass is 10.1. The van der Waals surface area contributed by atoms with Gasteiger partial charge in [-0.25, -0.2) is 0 Å². The number of nitrogens with one attached hydrogen (secondary N) is 1. The van der Waals surface area contributed by atoms with Gasteiger partial charge in [-0.15, -0.1) is 0 Å². The van der Waals surface area contributed by atoms with Gasteiger partial charge in [-0.2, -0.15) is 0 Å². The van der Waals surface area contributed by atoms with E-state index in [1.165, 1.54) is 16.5 Å². The van der Waals surface area contributed by atoms with Gasteiger partial charge in [0.2, 0.25) is 5.91 Å². The highest BCUT2D eigenvalue weighted by atomic mass is 16.3. The molecule has 1 heterocycles. The highest BCUT2D eigenvalue weighted by Crippen LogP contribution is 2.23. The minimum atomic E-state index is 0.158. The molecule has 1 aromatic heterocycles. The van der Waals surface area contributed by atoms with Crippen LogP contribution >= 0.6 is 0 Å². The van der Waals surface area contributed by atoms with E-state index in [9.17, 15) is 4.79 Å². The number of hydrogen-bond acceptors (Lipinski definition) is 2. The molecule has 3 heteroatoms. The van der Waals surface area contributed by atoms with Crippen LogP contribution in [0.25, 0.3) is 11.0 Å². The van der Waals surface area contributed by atoms with Crippen LogP contribution in [0.1, 0.15) is 50.7 Å². The highest BCUT2D eigenvalue weighted by Gasteiger charge is 2.07. The van der Waals surface area contributed by atoms with Crippen molar-refractivity contribution in [2.24, 2.45) is 0 Å². The summed E-state index contributed by atoms with van der Waals surface area (Å²) >= 11 is 0. The van der Waals surface area contributed by atoms with E-state index >= 15 is 0 Å². The second-order valence-corrected chi connectivity index (χ2v) is 5.50. The van der Waals surface area contributed by atoms with E-state index in [4.69, 9.17) is 4.42 Å². The summed E-state index contributed by atoms with van der Waals surface area (Å²) in [5.41, 5.74) is 3.42. The first-order chi connectivity index (χ1) is 10.2. The fraction of sp³-hybridized carbons (Fsp3) is 0.500. The van der Waals surface area contributed by atoms with Gasteiger partial charge < -0.3 is 9.73 Å². The van der Waals surface area contributed by atoms with Gasteiger partial charge in [0.05, 0.1) is 6.26 Å². The summed E-state index contributed by atoms with van der Waals surface area (Å²) in [4.78, 5) is 11.7. The first kappa shape index (κ1) is 15.6. The molecule has 0 atom stereocenters. The lowest BCUT2D eigenvalue weighted by Crippen LogP contribution is -2.25. The van der Waals surface area contributed by atoms with E-state index in [1.807, 2.05) is 12.3 Å². The molecule has 2 rings (SSSR count). The maximum Gasteiger partial charge on any atom is 0.220 e. The normalized spacial score (nSPS) is 11.0. The monoisotopic (exact) mass is 287 g/mol. The summed E-state index contributed by atoms with van der Waals surface area (Å²) in [7, 11) is 0. The van der Waals surface area contributed by atoms with Crippen LogP contribution in [0.5, 0.6) is 0 Å². The number of carbonyl (C=O) groups excluding carboxylic acids is 1. The average Bonchev–Trinajstić information content (AvgIpc) is 2.90. The Morgan fingerprint density at radius 3 is 2.86 bits per heavy atom. The van der Waals surface area contributed by atoms with Gasteiger partial charge in [-0.1, -0.05) is 32.8 Å². The third-order valence-corrected chi connectivity index (χ3v) is 3.85. The second kappa shape index (κ2) is 7.87. The smallest absolute Gasteiger partial charge is 0.220 e. The van der Waals surface area contributed by atoms with Crippen LogP contribution in [0, 0.1) is 0 Å². The van der Waals surface area contributed by atoms with Crippen molar-refractivity contribution >= 4 is 16.9 Å². The molecule has 3 nitrogen and oxygen atoms in total. The molecule has 0 saturated heterocycles. The molecule has 21 heavy (non-hydrogen) atoms. The summed E-state index contributed by atoms with van der Waals surface area (Å²) in [6.45, 7) is 4.97. The zero-order valence-electron chi connectivity index (χ0n) is 13.1. The second-order valence-electron chi connectivity index (χ2n) is 5.50. The molecule has 0 fully saturated rings.